The summed E-state index contributed by atoms with van der Waals surface area (Å²) in [7, 11) is 1.65. The monoisotopic (exact) mass is 206 g/mol. The van der Waals surface area contributed by atoms with Crippen LogP contribution in [0.1, 0.15) is 31.7 Å². The van der Waals surface area contributed by atoms with Crippen LogP contribution in [0.25, 0.3) is 0 Å². The van der Waals surface area contributed by atoms with Crippen molar-refractivity contribution in [1.82, 2.24) is 0 Å². The van der Waals surface area contributed by atoms with Gasteiger partial charge >= 0.3 is 0 Å². The topological polar surface area (TPSA) is 26.3 Å². The lowest BCUT2D eigenvalue weighted by molar-refractivity contribution is -0.119. The Morgan fingerprint density at radius 2 is 1.87 bits per heavy atom. The number of aryl methyl sites for hydroxylation is 1. The number of ether oxygens (including phenoxy) is 1. The molecule has 0 aromatic heterocycles. The maximum atomic E-state index is 11.3. The van der Waals surface area contributed by atoms with Gasteiger partial charge in [0.05, 0.1) is 7.11 Å². The highest BCUT2D eigenvalue weighted by atomic mass is 16.5. The zero-order valence-corrected chi connectivity index (χ0v) is 9.45. The Balaban J connectivity index is 2.40. The maximum absolute atomic E-state index is 11.3. The van der Waals surface area contributed by atoms with E-state index in [0.29, 0.717) is 18.6 Å². The Kier molecular flexibility index (Phi) is 4.88. The fourth-order valence-electron chi connectivity index (χ4n) is 1.48. The van der Waals surface area contributed by atoms with Crippen molar-refractivity contribution < 1.29 is 9.53 Å². The van der Waals surface area contributed by atoms with E-state index >= 15 is 0 Å². The number of rotatable bonds is 6. The molecule has 0 atom stereocenters. The van der Waals surface area contributed by atoms with E-state index in [9.17, 15) is 4.79 Å². The Morgan fingerprint density at radius 3 is 2.40 bits per heavy atom. The van der Waals surface area contributed by atoms with Crippen LogP contribution in [0.5, 0.6) is 5.75 Å². The zero-order chi connectivity index (χ0) is 11.1. The van der Waals surface area contributed by atoms with Crippen molar-refractivity contribution in [2.75, 3.05) is 7.11 Å². The molecule has 1 rings (SSSR count). The number of hydrogen-bond donors (Lipinski definition) is 0. The van der Waals surface area contributed by atoms with Gasteiger partial charge in [-0.05, 0) is 30.5 Å². The Bertz CT molecular complexity index is 301. The molecule has 0 amide bonds. The molecular weight excluding hydrogens is 188 g/mol. The highest BCUT2D eigenvalue weighted by molar-refractivity contribution is 5.78. The summed E-state index contributed by atoms with van der Waals surface area (Å²) in [6, 6.07) is 7.88. The van der Waals surface area contributed by atoms with Crippen LogP contribution < -0.4 is 4.74 Å². The number of hydrogen-bond acceptors (Lipinski definition) is 2. The van der Waals surface area contributed by atoms with Crippen LogP contribution in [0.2, 0.25) is 0 Å². The van der Waals surface area contributed by atoms with Gasteiger partial charge in [0.1, 0.15) is 11.5 Å². The van der Waals surface area contributed by atoms with Crippen molar-refractivity contribution in [3.05, 3.63) is 29.8 Å². The largest absolute Gasteiger partial charge is 0.497 e. The molecule has 2 heteroatoms. The van der Waals surface area contributed by atoms with Gasteiger partial charge in [-0.3, -0.25) is 4.79 Å². The van der Waals surface area contributed by atoms with Crippen LogP contribution in [0.4, 0.5) is 0 Å². The van der Waals surface area contributed by atoms with Gasteiger partial charge in [0.25, 0.3) is 0 Å². The lowest BCUT2D eigenvalue weighted by Crippen LogP contribution is -1.99. The molecule has 0 saturated heterocycles. The average Bonchev–Trinajstić information content (AvgIpc) is 2.27. The van der Waals surface area contributed by atoms with E-state index in [0.717, 1.165) is 18.6 Å². The lowest BCUT2D eigenvalue weighted by atomic mass is 10.1. The van der Waals surface area contributed by atoms with Crippen LogP contribution in [0.15, 0.2) is 24.3 Å². The summed E-state index contributed by atoms with van der Waals surface area (Å²) in [5.41, 5.74) is 1.19. The number of benzene rings is 1. The summed E-state index contributed by atoms with van der Waals surface area (Å²) < 4.78 is 5.07. The van der Waals surface area contributed by atoms with E-state index < -0.39 is 0 Å². The van der Waals surface area contributed by atoms with E-state index in [4.69, 9.17) is 4.74 Å². The summed E-state index contributed by atoms with van der Waals surface area (Å²) in [5.74, 6) is 1.21. The molecule has 1 aromatic rings. The Hall–Kier alpha value is -1.31. The molecule has 0 unspecified atom stereocenters. The van der Waals surface area contributed by atoms with E-state index in [1.807, 2.05) is 31.2 Å². The number of ketones is 1. The minimum Gasteiger partial charge on any atom is -0.497 e. The minimum atomic E-state index is 0.355. The highest BCUT2D eigenvalue weighted by Gasteiger charge is 2.01. The summed E-state index contributed by atoms with van der Waals surface area (Å²) in [6.45, 7) is 2.03. The van der Waals surface area contributed by atoms with Crippen LogP contribution in [-0.2, 0) is 11.2 Å². The molecule has 82 valence electrons. The summed E-state index contributed by atoms with van der Waals surface area (Å²) >= 11 is 0. The van der Waals surface area contributed by atoms with Crippen molar-refractivity contribution in [2.24, 2.45) is 0 Å². The summed E-state index contributed by atoms with van der Waals surface area (Å²) in [5, 5.41) is 0. The maximum Gasteiger partial charge on any atom is 0.133 e. The fraction of sp³-hybridized carbons (Fsp3) is 0.462. The molecule has 15 heavy (non-hydrogen) atoms. The smallest absolute Gasteiger partial charge is 0.133 e. The molecule has 0 N–H and O–H groups in total. The van der Waals surface area contributed by atoms with Gasteiger partial charge in [0, 0.05) is 12.8 Å². The van der Waals surface area contributed by atoms with E-state index in [1.165, 1.54) is 5.56 Å². The first kappa shape index (κ1) is 11.8. The van der Waals surface area contributed by atoms with Gasteiger partial charge in [-0.1, -0.05) is 19.1 Å². The molecule has 0 bridgehead atoms. The van der Waals surface area contributed by atoms with E-state index in [2.05, 4.69) is 0 Å². The molecule has 0 aliphatic heterocycles. The molecule has 0 radical (unpaired) electrons. The molecule has 0 spiro atoms. The SMILES string of the molecule is CCCC(=O)CCc1ccc(OC)cc1. The Labute approximate surface area is 91.3 Å². The van der Waals surface area contributed by atoms with Crippen molar-refractivity contribution in [3.63, 3.8) is 0 Å². The summed E-state index contributed by atoms with van der Waals surface area (Å²) in [4.78, 5) is 11.3. The van der Waals surface area contributed by atoms with Crippen LogP contribution in [-0.4, -0.2) is 12.9 Å². The van der Waals surface area contributed by atoms with Gasteiger partial charge in [0.15, 0.2) is 0 Å². The normalized spacial score (nSPS) is 10.0. The van der Waals surface area contributed by atoms with E-state index in [1.54, 1.807) is 7.11 Å². The second kappa shape index (κ2) is 6.23. The molecule has 0 aliphatic rings. The third-order valence-electron chi connectivity index (χ3n) is 2.38. The van der Waals surface area contributed by atoms with Crippen LogP contribution in [0.3, 0.4) is 0 Å². The number of Topliss-reactive ketones (excluding diaryl/α,β-unsaturated/α-hetero) is 1. The van der Waals surface area contributed by atoms with Gasteiger partial charge in [0.2, 0.25) is 0 Å². The second-order valence-electron chi connectivity index (χ2n) is 3.64. The predicted octanol–water partition coefficient (Wildman–Crippen LogP) is 3.00. The first-order chi connectivity index (χ1) is 7.26. The van der Waals surface area contributed by atoms with Crippen molar-refractivity contribution in [3.8, 4) is 5.75 Å². The summed E-state index contributed by atoms with van der Waals surface area (Å²) in [6.07, 6.45) is 3.14. The molecule has 0 fully saturated rings. The molecule has 1 aromatic carbocycles. The predicted molar refractivity (Wildman–Crippen MR) is 61.2 cm³/mol. The third-order valence-corrected chi connectivity index (χ3v) is 2.38. The molecule has 0 aliphatic carbocycles. The minimum absolute atomic E-state index is 0.355. The molecule has 2 nitrogen and oxygen atoms in total. The zero-order valence-electron chi connectivity index (χ0n) is 9.45. The van der Waals surface area contributed by atoms with E-state index in [-0.39, 0.29) is 0 Å². The quantitative estimate of drug-likeness (QED) is 0.715. The molecule has 0 heterocycles. The average molecular weight is 206 g/mol. The third kappa shape index (κ3) is 4.15. The number of carbonyl (C=O) groups is 1. The Morgan fingerprint density at radius 1 is 1.20 bits per heavy atom. The van der Waals surface area contributed by atoms with Crippen molar-refractivity contribution in [2.45, 2.75) is 32.6 Å². The van der Waals surface area contributed by atoms with Gasteiger partial charge in [-0.15, -0.1) is 0 Å². The fourth-order valence-corrected chi connectivity index (χ4v) is 1.48. The molecule has 0 saturated carbocycles. The second-order valence-corrected chi connectivity index (χ2v) is 3.64. The number of carbonyl (C=O) groups excluding carboxylic acids is 1. The first-order valence-corrected chi connectivity index (χ1v) is 5.41. The number of methoxy groups -OCH3 is 1. The highest BCUT2D eigenvalue weighted by Crippen LogP contribution is 2.13. The van der Waals surface area contributed by atoms with Crippen LogP contribution in [0, 0.1) is 0 Å². The van der Waals surface area contributed by atoms with Crippen LogP contribution >= 0.6 is 0 Å². The van der Waals surface area contributed by atoms with Crippen molar-refractivity contribution >= 4 is 5.78 Å². The van der Waals surface area contributed by atoms with Gasteiger partial charge < -0.3 is 4.74 Å². The molecular formula is C13H18O2. The van der Waals surface area contributed by atoms with Crippen molar-refractivity contribution in [1.29, 1.82) is 0 Å². The lowest BCUT2D eigenvalue weighted by Gasteiger charge is -2.02. The standard InChI is InChI=1S/C13H18O2/c1-3-4-12(14)8-5-11-6-9-13(15-2)10-7-11/h6-7,9-10H,3-5,8H2,1-2H3. The van der Waals surface area contributed by atoms with Gasteiger partial charge in [-0.2, -0.15) is 0 Å². The first-order valence-electron chi connectivity index (χ1n) is 5.41. The van der Waals surface area contributed by atoms with Gasteiger partial charge in [-0.25, -0.2) is 0 Å².